The molecule has 0 aromatic carbocycles. The Hall–Kier alpha value is -1.06. The molecule has 7 nitrogen and oxygen atoms in total. The van der Waals surface area contributed by atoms with Crippen molar-refractivity contribution in [2.45, 2.75) is 50.2 Å². The van der Waals surface area contributed by atoms with Gasteiger partial charge in [0.25, 0.3) is 0 Å². The van der Waals surface area contributed by atoms with Gasteiger partial charge in [-0.1, -0.05) is 0 Å². The Morgan fingerprint density at radius 1 is 1.44 bits per heavy atom. The van der Waals surface area contributed by atoms with Crippen LogP contribution in [0.5, 0.6) is 0 Å². The van der Waals surface area contributed by atoms with E-state index in [1.165, 1.54) is 0 Å². The average Bonchev–Trinajstić information content (AvgIpc) is 3.06. The second-order valence-corrected chi connectivity index (χ2v) is 7.96. The molecule has 0 unspecified atom stereocenters. The molecule has 0 bridgehead atoms. The standard InChI is InChI=1S/C17H27N3O4S/c1-19(2)17(22)7-13-3-4-14-15(24-13)11-23-10-12(21)8-20(14)9-16-18-5-6-25-16/h5-6,12-15,21H,3-4,7-11H2,1-2H3/t12-,13+,14-,15+/m1/s1. The van der Waals surface area contributed by atoms with E-state index in [1.807, 2.05) is 5.38 Å². The van der Waals surface area contributed by atoms with Crippen LogP contribution in [-0.4, -0.2) is 84.0 Å². The molecule has 25 heavy (non-hydrogen) atoms. The van der Waals surface area contributed by atoms with Crippen molar-refractivity contribution in [3.63, 3.8) is 0 Å². The first-order valence-electron chi connectivity index (χ1n) is 8.76. The van der Waals surface area contributed by atoms with E-state index in [9.17, 15) is 9.90 Å². The lowest BCUT2D eigenvalue weighted by Crippen LogP contribution is -2.55. The van der Waals surface area contributed by atoms with Crippen molar-refractivity contribution in [2.75, 3.05) is 33.9 Å². The Morgan fingerprint density at radius 3 is 3.00 bits per heavy atom. The van der Waals surface area contributed by atoms with E-state index in [0.29, 0.717) is 32.7 Å². The normalized spacial score (nSPS) is 31.0. The highest BCUT2D eigenvalue weighted by Crippen LogP contribution is 2.29. The van der Waals surface area contributed by atoms with Crippen LogP contribution in [0.4, 0.5) is 0 Å². The molecule has 2 aliphatic rings. The Labute approximate surface area is 152 Å². The third-order valence-corrected chi connectivity index (χ3v) is 5.57. The first-order chi connectivity index (χ1) is 12.0. The highest BCUT2D eigenvalue weighted by molar-refractivity contribution is 7.09. The second kappa shape index (κ2) is 8.55. The summed E-state index contributed by atoms with van der Waals surface area (Å²) in [6, 6.07) is 0.171. The van der Waals surface area contributed by atoms with E-state index >= 15 is 0 Å². The Balaban J connectivity index is 1.67. The number of ether oxygens (including phenoxy) is 2. The molecule has 1 aromatic heterocycles. The molecule has 2 saturated heterocycles. The number of amides is 1. The molecule has 0 aliphatic carbocycles. The van der Waals surface area contributed by atoms with Crippen LogP contribution >= 0.6 is 11.3 Å². The summed E-state index contributed by atoms with van der Waals surface area (Å²) in [4.78, 5) is 20.2. The molecule has 1 aromatic rings. The Kier molecular flexibility index (Phi) is 6.40. The zero-order valence-corrected chi connectivity index (χ0v) is 15.7. The van der Waals surface area contributed by atoms with Gasteiger partial charge >= 0.3 is 0 Å². The van der Waals surface area contributed by atoms with E-state index in [-0.39, 0.29) is 24.2 Å². The predicted molar refractivity (Wildman–Crippen MR) is 94.3 cm³/mol. The number of aliphatic hydroxyl groups excluding tert-OH is 1. The van der Waals surface area contributed by atoms with Crippen LogP contribution in [0, 0.1) is 0 Å². The van der Waals surface area contributed by atoms with Gasteiger partial charge in [-0.25, -0.2) is 4.98 Å². The molecule has 8 heteroatoms. The number of carbonyl (C=O) groups excluding carboxylic acids is 1. The van der Waals surface area contributed by atoms with Gasteiger partial charge in [-0.05, 0) is 12.8 Å². The van der Waals surface area contributed by atoms with E-state index in [1.54, 1.807) is 36.5 Å². The Morgan fingerprint density at radius 2 is 2.28 bits per heavy atom. The van der Waals surface area contributed by atoms with E-state index < -0.39 is 6.10 Å². The molecular formula is C17H27N3O4S. The fraction of sp³-hybridized carbons (Fsp3) is 0.765. The topological polar surface area (TPSA) is 75.1 Å². The van der Waals surface area contributed by atoms with Crippen LogP contribution in [0.2, 0.25) is 0 Å². The number of rotatable bonds is 4. The van der Waals surface area contributed by atoms with E-state index in [0.717, 1.165) is 17.8 Å². The van der Waals surface area contributed by atoms with E-state index in [4.69, 9.17) is 9.47 Å². The average molecular weight is 369 g/mol. The smallest absolute Gasteiger partial charge is 0.224 e. The summed E-state index contributed by atoms with van der Waals surface area (Å²) in [5.41, 5.74) is 0. The molecule has 3 rings (SSSR count). The van der Waals surface area contributed by atoms with E-state index in [2.05, 4.69) is 9.88 Å². The van der Waals surface area contributed by atoms with Crippen molar-refractivity contribution in [3.8, 4) is 0 Å². The number of β-amino-alcohol motifs (C(OH)–C–C–N with tert-alkyl or cyclic N) is 1. The fourth-order valence-electron chi connectivity index (χ4n) is 3.51. The van der Waals surface area contributed by atoms with Crippen LogP contribution in [0.25, 0.3) is 0 Å². The van der Waals surface area contributed by atoms with Gasteiger partial charge in [-0.3, -0.25) is 9.69 Å². The van der Waals surface area contributed by atoms with Crippen LogP contribution < -0.4 is 0 Å². The van der Waals surface area contributed by atoms with Crippen LogP contribution in [0.15, 0.2) is 11.6 Å². The minimum atomic E-state index is -0.506. The largest absolute Gasteiger partial charge is 0.389 e. The molecule has 0 saturated carbocycles. The van der Waals surface area contributed by atoms with Gasteiger partial charge in [0.1, 0.15) is 5.01 Å². The zero-order chi connectivity index (χ0) is 17.8. The minimum absolute atomic E-state index is 0.0641. The number of hydrogen-bond acceptors (Lipinski definition) is 7. The highest BCUT2D eigenvalue weighted by atomic mass is 32.1. The SMILES string of the molecule is CN(C)C(=O)C[C@@H]1CC[C@@H]2[C@H](COC[C@H](O)CN2Cc2nccs2)O1. The summed E-state index contributed by atoms with van der Waals surface area (Å²) < 4.78 is 11.8. The van der Waals surface area contributed by atoms with Crippen molar-refractivity contribution < 1.29 is 19.4 Å². The van der Waals surface area contributed by atoms with Gasteiger partial charge in [-0.15, -0.1) is 11.3 Å². The number of fused-ring (bicyclic) bond motifs is 1. The summed E-state index contributed by atoms with van der Waals surface area (Å²) in [6.45, 7) is 2.01. The maximum absolute atomic E-state index is 12.0. The number of thiazole rings is 1. The molecule has 2 aliphatic heterocycles. The summed E-state index contributed by atoms with van der Waals surface area (Å²) in [5.74, 6) is 0.0882. The molecule has 1 N–H and O–H groups in total. The lowest BCUT2D eigenvalue weighted by Gasteiger charge is -2.44. The third-order valence-electron chi connectivity index (χ3n) is 4.81. The maximum atomic E-state index is 12.0. The number of hydrogen-bond donors (Lipinski definition) is 1. The molecule has 2 fully saturated rings. The minimum Gasteiger partial charge on any atom is -0.389 e. The predicted octanol–water partition coefficient (Wildman–Crippen LogP) is 0.731. The molecule has 0 spiro atoms. The number of aromatic nitrogens is 1. The van der Waals surface area contributed by atoms with Gasteiger partial charge in [0, 0.05) is 38.3 Å². The summed E-state index contributed by atoms with van der Waals surface area (Å²) in [6.07, 6.45) is 3.33. The van der Waals surface area contributed by atoms with Crippen LogP contribution in [0.3, 0.4) is 0 Å². The molecule has 3 heterocycles. The van der Waals surface area contributed by atoms with Crippen molar-refractivity contribution in [1.82, 2.24) is 14.8 Å². The van der Waals surface area contributed by atoms with Gasteiger partial charge in [0.15, 0.2) is 0 Å². The lowest BCUT2D eigenvalue weighted by molar-refractivity contribution is -0.160. The molecule has 140 valence electrons. The van der Waals surface area contributed by atoms with Gasteiger partial charge < -0.3 is 19.5 Å². The van der Waals surface area contributed by atoms with Gasteiger partial charge in [0.2, 0.25) is 5.91 Å². The monoisotopic (exact) mass is 369 g/mol. The summed E-state index contributed by atoms with van der Waals surface area (Å²) >= 11 is 1.62. The van der Waals surface area contributed by atoms with Crippen molar-refractivity contribution in [1.29, 1.82) is 0 Å². The zero-order valence-electron chi connectivity index (χ0n) is 14.8. The second-order valence-electron chi connectivity index (χ2n) is 6.98. The van der Waals surface area contributed by atoms with Crippen LogP contribution in [-0.2, 0) is 20.8 Å². The summed E-state index contributed by atoms with van der Waals surface area (Å²) in [7, 11) is 3.54. The van der Waals surface area contributed by atoms with Crippen LogP contribution in [0.1, 0.15) is 24.3 Å². The number of carbonyl (C=O) groups is 1. The molecule has 1 amide bonds. The van der Waals surface area contributed by atoms with Crippen molar-refractivity contribution in [3.05, 3.63) is 16.6 Å². The fourth-order valence-corrected chi connectivity index (χ4v) is 4.15. The number of nitrogens with zero attached hydrogens (tertiary/aromatic N) is 3. The summed E-state index contributed by atoms with van der Waals surface area (Å²) in [5, 5.41) is 13.2. The van der Waals surface area contributed by atoms with Gasteiger partial charge in [0.05, 0.1) is 44.5 Å². The maximum Gasteiger partial charge on any atom is 0.224 e. The molecule has 4 atom stereocenters. The molecular weight excluding hydrogens is 342 g/mol. The van der Waals surface area contributed by atoms with Crippen molar-refractivity contribution in [2.24, 2.45) is 0 Å². The van der Waals surface area contributed by atoms with Crippen molar-refractivity contribution >= 4 is 17.2 Å². The quantitative estimate of drug-likeness (QED) is 0.843. The number of aliphatic hydroxyl groups is 1. The first kappa shape index (κ1) is 18.7. The third kappa shape index (κ3) is 4.98. The van der Waals surface area contributed by atoms with Gasteiger partial charge in [-0.2, -0.15) is 0 Å². The lowest BCUT2D eigenvalue weighted by atomic mass is 9.94. The highest BCUT2D eigenvalue weighted by Gasteiger charge is 2.38. The molecule has 0 radical (unpaired) electrons. The first-order valence-corrected chi connectivity index (χ1v) is 9.64. The Bertz CT molecular complexity index is 554.